The van der Waals surface area contributed by atoms with Crippen molar-refractivity contribution in [3.05, 3.63) is 16.6 Å². The van der Waals surface area contributed by atoms with E-state index in [1.165, 1.54) is 19.3 Å². The van der Waals surface area contributed by atoms with Crippen molar-refractivity contribution in [3.8, 4) is 0 Å². The average molecular weight is 420 g/mol. The zero-order valence-corrected chi connectivity index (χ0v) is 19.0. The van der Waals surface area contributed by atoms with Gasteiger partial charge in [0.05, 0.1) is 6.04 Å². The van der Waals surface area contributed by atoms with Gasteiger partial charge in [-0.15, -0.1) is 11.3 Å². The molecule has 2 N–H and O–H groups in total. The van der Waals surface area contributed by atoms with Crippen LogP contribution in [-0.4, -0.2) is 23.3 Å². The summed E-state index contributed by atoms with van der Waals surface area (Å²) >= 11 is 1.63. The van der Waals surface area contributed by atoms with Gasteiger partial charge in [-0.05, 0) is 50.4 Å². The monoisotopic (exact) mass is 419 g/mol. The molecule has 2 aliphatic carbocycles. The van der Waals surface area contributed by atoms with Gasteiger partial charge in [-0.25, -0.2) is 4.98 Å². The van der Waals surface area contributed by atoms with E-state index in [9.17, 15) is 9.59 Å². The molecule has 1 heterocycles. The summed E-state index contributed by atoms with van der Waals surface area (Å²) in [4.78, 5) is 29.5. The summed E-state index contributed by atoms with van der Waals surface area (Å²) in [5.74, 6) is 1.55. The Balaban J connectivity index is 1.50. The first kappa shape index (κ1) is 22.3. The highest BCUT2D eigenvalue weighted by atomic mass is 32.1. The van der Waals surface area contributed by atoms with E-state index in [1.54, 1.807) is 11.3 Å². The molecule has 0 spiro atoms. The van der Waals surface area contributed by atoms with Crippen LogP contribution in [0.2, 0.25) is 0 Å². The normalized spacial score (nSPS) is 24.7. The van der Waals surface area contributed by atoms with Crippen molar-refractivity contribution < 1.29 is 9.59 Å². The summed E-state index contributed by atoms with van der Waals surface area (Å²) < 4.78 is 0. The number of carbonyl (C=O) groups excluding carboxylic acids is 2. The highest BCUT2D eigenvalue weighted by Crippen LogP contribution is 2.38. The lowest BCUT2D eigenvalue weighted by molar-refractivity contribution is -0.130. The van der Waals surface area contributed by atoms with E-state index in [0.29, 0.717) is 11.8 Å². The van der Waals surface area contributed by atoms with Crippen LogP contribution in [0.5, 0.6) is 0 Å². The van der Waals surface area contributed by atoms with Crippen LogP contribution in [0.3, 0.4) is 0 Å². The third-order valence-corrected chi connectivity index (χ3v) is 7.45. The average Bonchev–Trinajstić information content (AvgIpc) is 3.25. The van der Waals surface area contributed by atoms with E-state index in [1.807, 2.05) is 32.3 Å². The van der Waals surface area contributed by atoms with Gasteiger partial charge in [-0.1, -0.05) is 40.0 Å². The fourth-order valence-electron chi connectivity index (χ4n) is 4.61. The van der Waals surface area contributed by atoms with Gasteiger partial charge in [-0.2, -0.15) is 0 Å². The Bertz CT molecular complexity index is 654. The molecule has 1 aromatic heterocycles. The molecule has 0 bridgehead atoms. The van der Waals surface area contributed by atoms with Crippen LogP contribution in [0.25, 0.3) is 0 Å². The van der Waals surface area contributed by atoms with Gasteiger partial charge in [0, 0.05) is 29.5 Å². The first-order chi connectivity index (χ1) is 13.8. The SMILES string of the molecule is CC(C)(C)C(=O)N[C@@H](c1nccs1)C1CCC(CNC(=O)C2CCCCC2)CC1. The second kappa shape index (κ2) is 10.1. The lowest BCUT2D eigenvalue weighted by atomic mass is 9.78. The van der Waals surface area contributed by atoms with Crippen LogP contribution in [0.15, 0.2) is 11.6 Å². The molecular weight excluding hydrogens is 382 g/mol. The molecule has 2 aliphatic rings. The van der Waals surface area contributed by atoms with Crippen LogP contribution in [-0.2, 0) is 9.59 Å². The third kappa shape index (κ3) is 6.27. The molecule has 2 amide bonds. The summed E-state index contributed by atoms with van der Waals surface area (Å²) in [6.45, 7) is 6.66. The van der Waals surface area contributed by atoms with E-state index in [2.05, 4.69) is 15.6 Å². The van der Waals surface area contributed by atoms with E-state index >= 15 is 0 Å². The van der Waals surface area contributed by atoms with Gasteiger partial charge in [-0.3, -0.25) is 9.59 Å². The Kier molecular flexibility index (Phi) is 7.72. The lowest BCUT2D eigenvalue weighted by Gasteiger charge is -2.35. The van der Waals surface area contributed by atoms with E-state index in [0.717, 1.165) is 50.1 Å². The molecule has 162 valence electrons. The molecule has 29 heavy (non-hydrogen) atoms. The molecule has 6 heteroatoms. The smallest absolute Gasteiger partial charge is 0.225 e. The quantitative estimate of drug-likeness (QED) is 0.692. The Labute approximate surface area is 179 Å². The Morgan fingerprint density at radius 3 is 2.38 bits per heavy atom. The summed E-state index contributed by atoms with van der Waals surface area (Å²) in [6.07, 6.45) is 11.9. The zero-order chi connectivity index (χ0) is 20.9. The molecule has 0 radical (unpaired) electrons. The van der Waals surface area contributed by atoms with Crippen LogP contribution in [0, 0.1) is 23.2 Å². The molecule has 3 rings (SSSR count). The molecule has 2 saturated carbocycles. The molecule has 2 fully saturated rings. The van der Waals surface area contributed by atoms with Crippen molar-refractivity contribution >= 4 is 23.2 Å². The van der Waals surface area contributed by atoms with Crippen LogP contribution in [0.1, 0.15) is 89.6 Å². The number of hydrogen-bond acceptors (Lipinski definition) is 4. The van der Waals surface area contributed by atoms with Gasteiger partial charge >= 0.3 is 0 Å². The highest BCUT2D eigenvalue weighted by Gasteiger charge is 2.34. The van der Waals surface area contributed by atoms with Crippen LogP contribution >= 0.6 is 11.3 Å². The second-order valence-corrected chi connectivity index (χ2v) is 10.9. The maximum Gasteiger partial charge on any atom is 0.225 e. The fourth-order valence-corrected chi connectivity index (χ4v) is 5.39. The molecule has 0 saturated heterocycles. The molecule has 5 nitrogen and oxygen atoms in total. The summed E-state index contributed by atoms with van der Waals surface area (Å²) in [7, 11) is 0. The van der Waals surface area contributed by atoms with Crippen LogP contribution < -0.4 is 10.6 Å². The van der Waals surface area contributed by atoms with Crippen molar-refractivity contribution in [1.29, 1.82) is 0 Å². The summed E-state index contributed by atoms with van der Waals surface area (Å²) in [5.41, 5.74) is -0.407. The maximum atomic E-state index is 12.6. The number of thiazole rings is 1. The number of amides is 2. The van der Waals surface area contributed by atoms with Crippen molar-refractivity contribution in [2.24, 2.45) is 23.2 Å². The lowest BCUT2D eigenvalue weighted by Crippen LogP contribution is -2.42. The molecular formula is C23H37N3O2S. The summed E-state index contributed by atoms with van der Waals surface area (Å²) in [5, 5.41) is 9.50. The molecule has 1 atom stereocenters. The van der Waals surface area contributed by atoms with Gasteiger partial charge in [0.15, 0.2) is 0 Å². The highest BCUT2D eigenvalue weighted by molar-refractivity contribution is 7.09. The van der Waals surface area contributed by atoms with E-state index in [4.69, 9.17) is 0 Å². The van der Waals surface area contributed by atoms with Crippen LogP contribution in [0.4, 0.5) is 0 Å². The maximum absolute atomic E-state index is 12.6. The first-order valence-corrected chi connectivity index (χ1v) is 12.2. The fraction of sp³-hybridized carbons (Fsp3) is 0.783. The Morgan fingerprint density at radius 2 is 1.79 bits per heavy atom. The molecule has 0 aromatic carbocycles. The number of hydrogen-bond donors (Lipinski definition) is 2. The van der Waals surface area contributed by atoms with Crippen molar-refractivity contribution in [2.45, 2.75) is 84.6 Å². The predicted molar refractivity (Wildman–Crippen MR) is 117 cm³/mol. The van der Waals surface area contributed by atoms with Crippen molar-refractivity contribution in [2.75, 3.05) is 6.54 Å². The standard InChI is InChI=1S/C23H37N3O2S/c1-23(2,3)22(28)26-19(21-24-13-14-29-21)17-11-9-16(10-12-17)15-25-20(27)18-7-5-4-6-8-18/h13-14,16-19H,4-12,15H2,1-3H3,(H,25,27)(H,26,28)/t16?,17?,19-/m1/s1. The minimum absolute atomic E-state index is 0.000458. The topological polar surface area (TPSA) is 71.1 Å². The van der Waals surface area contributed by atoms with Gasteiger partial charge in [0.1, 0.15) is 5.01 Å². The molecule has 0 unspecified atom stereocenters. The Hall–Kier alpha value is -1.43. The van der Waals surface area contributed by atoms with Gasteiger partial charge in [0.25, 0.3) is 0 Å². The Morgan fingerprint density at radius 1 is 1.10 bits per heavy atom. The second-order valence-electron chi connectivity index (χ2n) is 9.93. The predicted octanol–water partition coefficient (Wildman–Crippen LogP) is 4.85. The largest absolute Gasteiger partial charge is 0.356 e. The number of nitrogens with one attached hydrogen (secondary N) is 2. The summed E-state index contributed by atoms with van der Waals surface area (Å²) in [6, 6.07) is -0.000458. The van der Waals surface area contributed by atoms with E-state index < -0.39 is 5.41 Å². The molecule has 1 aromatic rings. The van der Waals surface area contributed by atoms with Gasteiger partial charge in [0.2, 0.25) is 11.8 Å². The third-order valence-electron chi connectivity index (χ3n) is 6.59. The van der Waals surface area contributed by atoms with Crippen molar-refractivity contribution in [1.82, 2.24) is 15.6 Å². The number of nitrogens with zero attached hydrogens (tertiary/aromatic N) is 1. The number of aromatic nitrogens is 1. The number of carbonyl (C=O) groups is 2. The zero-order valence-electron chi connectivity index (χ0n) is 18.2. The van der Waals surface area contributed by atoms with Gasteiger partial charge < -0.3 is 10.6 Å². The minimum Gasteiger partial charge on any atom is -0.356 e. The number of rotatable bonds is 6. The van der Waals surface area contributed by atoms with E-state index in [-0.39, 0.29) is 23.8 Å². The minimum atomic E-state index is -0.407. The van der Waals surface area contributed by atoms with Crippen molar-refractivity contribution in [3.63, 3.8) is 0 Å². The first-order valence-electron chi connectivity index (χ1n) is 11.3. The molecule has 0 aliphatic heterocycles.